The fourth-order valence-electron chi connectivity index (χ4n) is 4.14. The maximum Gasteiger partial charge on any atom is 0.222 e. The molecule has 2 fully saturated rings. The predicted molar refractivity (Wildman–Crippen MR) is 106 cm³/mol. The monoisotopic (exact) mass is 366 g/mol. The average Bonchev–Trinajstić information content (AvgIpc) is 3.32. The Morgan fingerprint density at radius 2 is 2.00 bits per heavy atom. The van der Waals surface area contributed by atoms with Gasteiger partial charge in [-0.15, -0.1) is 0 Å². The van der Waals surface area contributed by atoms with Crippen molar-refractivity contribution in [3.8, 4) is 0 Å². The largest absolute Gasteiger partial charge is 0.378 e. The minimum Gasteiger partial charge on any atom is -0.378 e. The van der Waals surface area contributed by atoms with E-state index in [1.54, 1.807) is 0 Å². The standard InChI is InChI=1S/C20H38N4O2/c1-4-19(25)24-14-12-17(15-24)23-20(21-5-2)22-13-11-18(26-6-3)16-9-7-8-10-16/h16-18H,4-15H2,1-3H3,(H2,21,22,23). The van der Waals surface area contributed by atoms with Crippen molar-refractivity contribution in [2.75, 3.05) is 32.8 Å². The van der Waals surface area contributed by atoms with Crippen molar-refractivity contribution in [2.24, 2.45) is 10.9 Å². The summed E-state index contributed by atoms with van der Waals surface area (Å²) in [5, 5.41) is 6.84. The van der Waals surface area contributed by atoms with Crippen LogP contribution in [0, 0.1) is 5.92 Å². The highest BCUT2D eigenvalue weighted by Gasteiger charge is 2.26. The molecular weight excluding hydrogens is 328 g/mol. The molecule has 0 aromatic heterocycles. The molecule has 26 heavy (non-hydrogen) atoms. The number of hydrogen-bond donors (Lipinski definition) is 2. The van der Waals surface area contributed by atoms with Gasteiger partial charge in [0, 0.05) is 45.2 Å². The van der Waals surface area contributed by atoms with Crippen molar-refractivity contribution < 1.29 is 9.53 Å². The zero-order chi connectivity index (χ0) is 18.8. The molecule has 2 rings (SSSR count). The maximum absolute atomic E-state index is 11.8. The van der Waals surface area contributed by atoms with Crippen LogP contribution in [0.25, 0.3) is 0 Å². The first kappa shape index (κ1) is 21.0. The van der Waals surface area contributed by atoms with E-state index in [2.05, 4.69) is 24.5 Å². The van der Waals surface area contributed by atoms with Crippen LogP contribution in [-0.2, 0) is 9.53 Å². The Morgan fingerprint density at radius 3 is 2.65 bits per heavy atom. The maximum atomic E-state index is 11.8. The Morgan fingerprint density at radius 1 is 1.23 bits per heavy atom. The fourth-order valence-corrected chi connectivity index (χ4v) is 4.14. The number of carbonyl (C=O) groups excluding carboxylic acids is 1. The summed E-state index contributed by atoms with van der Waals surface area (Å²) in [5.74, 6) is 1.82. The number of aliphatic imine (C=N–C) groups is 1. The van der Waals surface area contributed by atoms with E-state index < -0.39 is 0 Å². The second kappa shape index (κ2) is 11.4. The molecule has 0 bridgehead atoms. The Kier molecular flexibility index (Phi) is 9.23. The second-order valence-corrected chi connectivity index (χ2v) is 7.41. The van der Waals surface area contributed by atoms with Crippen LogP contribution in [0.4, 0.5) is 0 Å². The molecule has 1 amide bonds. The summed E-state index contributed by atoms with van der Waals surface area (Å²) in [6.45, 7) is 10.1. The van der Waals surface area contributed by atoms with E-state index >= 15 is 0 Å². The molecule has 1 saturated heterocycles. The molecule has 0 spiro atoms. The van der Waals surface area contributed by atoms with Crippen LogP contribution in [0.2, 0.25) is 0 Å². The molecule has 1 saturated carbocycles. The normalized spacial score (nSPS) is 22.7. The van der Waals surface area contributed by atoms with Crippen molar-refractivity contribution in [2.45, 2.75) is 77.9 Å². The highest BCUT2D eigenvalue weighted by molar-refractivity contribution is 5.80. The topological polar surface area (TPSA) is 66.0 Å². The minimum atomic E-state index is 0.243. The van der Waals surface area contributed by atoms with Gasteiger partial charge in [-0.25, -0.2) is 0 Å². The van der Waals surface area contributed by atoms with E-state index in [9.17, 15) is 4.79 Å². The summed E-state index contributed by atoms with van der Waals surface area (Å²) in [4.78, 5) is 18.6. The molecule has 2 atom stereocenters. The molecule has 150 valence electrons. The van der Waals surface area contributed by atoms with Crippen LogP contribution in [0.1, 0.15) is 65.7 Å². The van der Waals surface area contributed by atoms with Gasteiger partial charge in [0.1, 0.15) is 0 Å². The zero-order valence-corrected chi connectivity index (χ0v) is 16.9. The number of ether oxygens (including phenoxy) is 1. The molecule has 1 aliphatic heterocycles. The molecule has 2 aliphatic rings. The molecule has 0 radical (unpaired) electrons. The third-order valence-electron chi connectivity index (χ3n) is 5.52. The predicted octanol–water partition coefficient (Wildman–Crippen LogP) is 2.54. The summed E-state index contributed by atoms with van der Waals surface area (Å²) in [5.41, 5.74) is 0. The van der Waals surface area contributed by atoms with Crippen LogP contribution >= 0.6 is 0 Å². The third-order valence-corrected chi connectivity index (χ3v) is 5.52. The van der Waals surface area contributed by atoms with Gasteiger partial charge in [0.15, 0.2) is 5.96 Å². The van der Waals surface area contributed by atoms with Gasteiger partial charge in [-0.05, 0) is 45.4 Å². The number of nitrogens with zero attached hydrogens (tertiary/aromatic N) is 2. The summed E-state index contributed by atoms with van der Waals surface area (Å²) < 4.78 is 6.00. The minimum absolute atomic E-state index is 0.243. The molecule has 6 heteroatoms. The molecule has 0 aromatic carbocycles. The molecule has 0 aromatic rings. The van der Waals surface area contributed by atoms with Crippen LogP contribution in [0.15, 0.2) is 4.99 Å². The Balaban J connectivity index is 1.82. The number of likely N-dealkylation sites (tertiary alicyclic amines) is 1. The average molecular weight is 367 g/mol. The van der Waals surface area contributed by atoms with Gasteiger partial charge in [0.2, 0.25) is 5.91 Å². The van der Waals surface area contributed by atoms with E-state index in [0.717, 1.165) is 51.6 Å². The van der Waals surface area contributed by atoms with Crippen molar-refractivity contribution >= 4 is 11.9 Å². The molecule has 2 N–H and O–H groups in total. The summed E-state index contributed by atoms with van der Waals surface area (Å²) >= 11 is 0. The van der Waals surface area contributed by atoms with Gasteiger partial charge in [-0.1, -0.05) is 19.8 Å². The van der Waals surface area contributed by atoms with Crippen LogP contribution in [-0.4, -0.2) is 61.7 Å². The lowest BCUT2D eigenvalue weighted by Gasteiger charge is -2.23. The third kappa shape index (κ3) is 6.45. The number of nitrogens with one attached hydrogen (secondary N) is 2. The highest BCUT2D eigenvalue weighted by atomic mass is 16.5. The number of hydrogen-bond acceptors (Lipinski definition) is 3. The van der Waals surface area contributed by atoms with E-state index in [1.807, 2.05) is 11.8 Å². The SMILES string of the molecule is CCNC(=NCCC(OCC)C1CCCC1)NC1CCN(C(=O)CC)C1. The van der Waals surface area contributed by atoms with Gasteiger partial charge in [-0.2, -0.15) is 0 Å². The van der Waals surface area contributed by atoms with Crippen molar-refractivity contribution in [1.29, 1.82) is 0 Å². The van der Waals surface area contributed by atoms with Gasteiger partial charge in [-0.3, -0.25) is 9.79 Å². The Hall–Kier alpha value is -1.30. The van der Waals surface area contributed by atoms with Gasteiger partial charge >= 0.3 is 0 Å². The summed E-state index contributed by atoms with van der Waals surface area (Å²) in [6, 6.07) is 0.292. The van der Waals surface area contributed by atoms with Crippen LogP contribution in [0.5, 0.6) is 0 Å². The number of carbonyl (C=O) groups is 1. The number of amides is 1. The first-order valence-corrected chi connectivity index (χ1v) is 10.6. The van der Waals surface area contributed by atoms with Crippen LogP contribution < -0.4 is 10.6 Å². The van der Waals surface area contributed by atoms with Crippen molar-refractivity contribution in [3.05, 3.63) is 0 Å². The van der Waals surface area contributed by atoms with Crippen molar-refractivity contribution in [3.63, 3.8) is 0 Å². The number of guanidine groups is 1. The Bertz CT molecular complexity index is 449. The molecule has 2 unspecified atom stereocenters. The first-order chi connectivity index (χ1) is 12.7. The molecule has 1 aliphatic carbocycles. The van der Waals surface area contributed by atoms with E-state index in [0.29, 0.717) is 24.5 Å². The summed E-state index contributed by atoms with van der Waals surface area (Å²) in [6.07, 6.45) is 8.19. The fraction of sp³-hybridized carbons (Fsp3) is 0.900. The second-order valence-electron chi connectivity index (χ2n) is 7.41. The lowest BCUT2D eigenvalue weighted by Crippen LogP contribution is -2.45. The van der Waals surface area contributed by atoms with Gasteiger partial charge < -0.3 is 20.3 Å². The molecular formula is C20H38N4O2. The van der Waals surface area contributed by atoms with E-state index in [1.165, 1.54) is 25.7 Å². The Labute approximate surface area is 159 Å². The smallest absolute Gasteiger partial charge is 0.222 e. The van der Waals surface area contributed by atoms with E-state index in [-0.39, 0.29) is 5.91 Å². The zero-order valence-electron chi connectivity index (χ0n) is 16.9. The van der Waals surface area contributed by atoms with Gasteiger partial charge in [0.05, 0.1) is 6.10 Å². The first-order valence-electron chi connectivity index (χ1n) is 10.6. The summed E-state index contributed by atoms with van der Waals surface area (Å²) in [7, 11) is 0. The number of rotatable bonds is 9. The van der Waals surface area contributed by atoms with Gasteiger partial charge in [0.25, 0.3) is 0 Å². The lowest BCUT2D eigenvalue weighted by molar-refractivity contribution is -0.129. The lowest BCUT2D eigenvalue weighted by atomic mass is 9.98. The molecule has 6 nitrogen and oxygen atoms in total. The quantitative estimate of drug-likeness (QED) is 0.486. The van der Waals surface area contributed by atoms with E-state index in [4.69, 9.17) is 9.73 Å². The molecule has 1 heterocycles. The van der Waals surface area contributed by atoms with Crippen molar-refractivity contribution in [1.82, 2.24) is 15.5 Å². The highest BCUT2D eigenvalue weighted by Crippen LogP contribution is 2.30. The van der Waals surface area contributed by atoms with Crippen LogP contribution in [0.3, 0.4) is 0 Å².